The Hall–Kier alpha value is -0.710. The highest BCUT2D eigenvalue weighted by Crippen LogP contribution is 2.37. The summed E-state index contributed by atoms with van der Waals surface area (Å²) in [6, 6.07) is 4.17. The van der Waals surface area contributed by atoms with Crippen molar-refractivity contribution in [2.24, 2.45) is 5.73 Å². The largest absolute Gasteiger partial charge is 0.325 e. The van der Waals surface area contributed by atoms with Crippen LogP contribution in [0.2, 0.25) is 0 Å². The molecular weight excluding hydrogens is 224 g/mol. The Morgan fingerprint density at radius 3 is 2.93 bits per heavy atom. The van der Waals surface area contributed by atoms with E-state index in [4.69, 9.17) is 5.73 Å². The van der Waals surface area contributed by atoms with Crippen LogP contribution >= 0.6 is 22.7 Å². The van der Waals surface area contributed by atoms with Crippen molar-refractivity contribution in [2.75, 3.05) is 0 Å². The van der Waals surface area contributed by atoms with E-state index in [1.807, 2.05) is 0 Å². The molecule has 0 atom stereocenters. The van der Waals surface area contributed by atoms with E-state index in [0.29, 0.717) is 0 Å². The lowest BCUT2D eigenvalue weighted by atomic mass is 10.2. The van der Waals surface area contributed by atoms with Gasteiger partial charge < -0.3 is 5.73 Å². The lowest BCUT2D eigenvalue weighted by molar-refractivity contribution is 0.669. The zero-order chi connectivity index (χ0) is 10.3. The minimum atomic E-state index is 0.0740. The molecule has 2 aromatic rings. The molecule has 2 heterocycles. The zero-order valence-corrected chi connectivity index (χ0v) is 9.90. The van der Waals surface area contributed by atoms with Gasteiger partial charge in [0.15, 0.2) is 0 Å². The molecule has 0 bridgehead atoms. The molecule has 15 heavy (non-hydrogen) atoms. The molecule has 1 fully saturated rings. The summed E-state index contributed by atoms with van der Waals surface area (Å²) >= 11 is 3.47. The van der Waals surface area contributed by atoms with Gasteiger partial charge in [-0.3, -0.25) is 0 Å². The summed E-state index contributed by atoms with van der Waals surface area (Å²) in [5, 5.41) is 5.39. The maximum atomic E-state index is 6.08. The van der Waals surface area contributed by atoms with Gasteiger partial charge in [-0.1, -0.05) is 6.07 Å². The third-order valence-electron chi connectivity index (χ3n) is 2.72. The standard InChI is InChI=1S/C11H12N2S2/c12-11(3-4-11)6-10-13-8(7-15-10)9-2-1-5-14-9/h1-2,5,7H,3-4,6,12H2. The van der Waals surface area contributed by atoms with Gasteiger partial charge in [0.05, 0.1) is 15.6 Å². The van der Waals surface area contributed by atoms with E-state index in [1.54, 1.807) is 22.7 Å². The molecule has 0 radical (unpaired) electrons. The van der Waals surface area contributed by atoms with Crippen LogP contribution in [0.4, 0.5) is 0 Å². The summed E-state index contributed by atoms with van der Waals surface area (Å²) in [5.74, 6) is 0. The highest BCUT2D eigenvalue weighted by Gasteiger charge is 2.38. The van der Waals surface area contributed by atoms with Crippen LogP contribution in [0.3, 0.4) is 0 Å². The molecule has 2 nitrogen and oxygen atoms in total. The summed E-state index contributed by atoms with van der Waals surface area (Å²) in [7, 11) is 0. The molecule has 78 valence electrons. The first-order chi connectivity index (χ1) is 7.25. The van der Waals surface area contributed by atoms with Crippen LogP contribution in [0.1, 0.15) is 17.8 Å². The van der Waals surface area contributed by atoms with Gasteiger partial charge in [-0.2, -0.15) is 0 Å². The van der Waals surface area contributed by atoms with Crippen LogP contribution in [0.15, 0.2) is 22.9 Å². The number of hydrogen-bond donors (Lipinski definition) is 1. The molecule has 0 unspecified atom stereocenters. The molecule has 0 saturated heterocycles. The molecule has 0 aromatic carbocycles. The van der Waals surface area contributed by atoms with Gasteiger partial charge in [0, 0.05) is 17.3 Å². The van der Waals surface area contributed by atoms with Gasteiger partial charge in [0.25, 0.3) is 0 Å². The quantitative estimate of drug-likeness (QED) is 0.890. The van der Waals surface area contributed by atoms with Crippen molar-refractivity contribution in [3.8, 4) is 10.6 Å². The van der Waals surface area contributed by atoms with Gasteiger partial charge in [-0.05, 0) is 24.3 Å². The number of aromatic nitrogens is 1. The fraction of sp³-hybridized carbons (Fsp3) is 0.364. The van der Waals surface area contributed by atoms with Crippen molar-refractivity contribution < 1.29 is 0 Å². The van der Waals surface area contributed by atoms with Gasteiger partial charge in [-0.15, -0.1) is 22.7 Å². The van der Waals surface area contributed by atoms with Gasteiger partial charge in [0.1, 0.15) is 0 Å². The van der Waals surface area contributed by atoms with E-state index in [-0.39, 0.29) is 5.54 Å². The Balaban J connectivity index is 1.82. The molecule has 1 saturated carbocycles. The predicted molar refractivity (Wildman–Crippen MR) is 65.3 cm³/mol. The summed E-state index contributed by atoms with van der Waals surface area (Å²) in [6.07, 6.45) is 3.25. The van der Waals surface area contributed by atoms with Crippen molar-refractivity contribution in [3.05, 3.63) is 27.9 Å². The zero-order valence-electron chi connectivity index (χ0n) is 8.27. The van der Waals surface area contributed by atoms with Gasteiger partial charge in [0.2, 0.25) is 0 Å². The molecule has 0 spiro atoms. The van der Waals surface area contributed by atoms with Crippen LogP contribution in [-0.4, -0.2) is 10.5 Å². The molecule has 2 N–H and O–H groups in total. The van der Waals surface area contributed by atoms with E-state index in [1.165, 1.54) is 9.88 Å². The number of hydrogen-bond acceptors (Lipinski definition) is 4. The predicted octanol–water partition coefficient (Wildman–Crippen LogP) is 2.91. The van der Waals surface area contributed by atoms with E-state index >= 15 is 0 Å². The number of rotatable bonds is 3. The minimum Gasteiger partial charge on any atom is -0.325 e. The van der Waals surface area contributed by atoms with Crippen LogP contribution in [0.25, 0.3) is 10.6 Å². The van der Waals surface area contributed by atoms with Crippen molar-refractivity contribution in [3.63, 3.8) is 0 Å². The Morgan fingerprint density at radius 1 is 1.40 bits per heavy atom. The maximum Gasteiger partial charge on any atom is 0.0951 e. The third-order valence-corrected chi connectivity index (χ3v) is 4.46. The Kier molecular flexibility index (Phi) is 2.16. The maximum absolute atomic E-state index is 6.08. The van der Waals surface area contributed by atoms with Crippen molar-refractivity contribution >= 4 is 22.7 Å². The minimum absolute atomic E-state index is 0.0740. The number of nitrogens with two attached hydrogens (primary N) is 1. The molecule has 0 amide bonds. The number of thiazole rings is 1. The third kappa shape index (κ3) is 1.97. The molecule has 3 rings (SSSR count). The summed E-state index contributed by atoms with van der Waals surface area (Å²) in [6.45, 7) is 0. The number of nitrogens with zero attached hydrogens (tertiary/aromatic N) is 1. The van der Waals surface area contributed by atoms with E-state index in [9.17, 15) is 0 Å². The Bertz CT molecular complexity index is 455. The average molecular weight is 236 g/mol. The molecule has 1 aliphatic rings. The second-order valence-electron chi connectivity index (χ2n) is 4.14. The molecule has 2 aromatic heterocycles. The van der Waals surface area contributed by atoms with Crippen LogP contribution in [0, 0.1) is 0 Å². The van der Waals surface area contributed by atoms with E-state index < -0.39 is 0 Å². The van der Waals surface area contributed by atoms with Crippen molar-refractivity contribution in [2.45, 2.75) is 24.8 Å². The lowest BCUT2D eigenvalue weighted by Gasteiger charge is -2.03. The molecular formula is C11H12N2S2. The SMILES string of the molecule is NC1(Cc2nc(-c3cccs3)cs2)CC1. The Labute approximate surface area is 96.8 Å². The lowest BCUT2D eigenvalue weighted by Crippen LogP contribution is -2.24. The van der Waals surface area contributed by atoms with Gasteiger partial charge in [-0.25, -0.2) is 4.98 Å². The topological polar surface area (TPSA) is 38.9 Å². The van der Waals surface area contributed by atoms with Crippen molar-refractivity contribution in [1.29, 1.82) is 0 Å². The summed E-state index contributed by atoms with van der Waals surface area (Å²) in [4.78, 5) is 5.88. The monoisotopic (exact) mass is 236 g/mol. The van der Waals surface area contributed by atoms with E-state index in [0.717, 1.165) is 25.0 Å². The highest BCUT2D eigenvalue weighted by atomic mass is 32.1. The first-order valence-corrected chi connectivity index (χ1v) is 6.78. The second kappa shape index (κ2) is 3.40. The van der Waals surface area contributed by atoms with Crippen LogP contribution in [0.5, 0.6) is 0 Å². The van der Waals surface area contributed by atoms with Crippen LogP contribution < -0.4 is 5.73 Å². The fourth-order valence-electron chi connectivity index (χ4n) is 1.57. The smallest absolute Gasteiger partial charge is 0.0951 e. The van der Waals surface area contributed by atoms with E-state index in [2.05, 4.69) is 27.9 Å². The van der Waals surface area contributed by atoms with Gasteiger partial charge >= 0.3 is 0 Å². The normalized spacial score (nSPS) is 17.9. The first-order valence-electron chi connectivity index (χ1n) is 5.02. The second-order valence-corrected chi connectivity index (χ2v) is 6.03. The first kappa shape index (κ1) is 9.51. The highest BCUT2D eigenvalue weighted by molar-refractivity contribution is 7.14. The summed E-state index contributed by atoms with van der Waals surface area (Å²) < 4.78 is 0. The molecule has 1 aliphatic carbocycles. The summed E-state index contributed by atoms with van der Waals surface area (Å²) in [5.41, 5.74) is 7.26. The number of thiophene rings is 1. The molecule has 4 heteroatoms. The average Bonchev–Trinajstić information content (AvgIpc) is 2.73. The molecule has 0 aliphatic heterocycles. The van der Waals surface area contributed by atoms with Crippen molar-refractivity contribution in [1.82, 2.24) is 4.98 Å². The van der Waals surface area contributed by atoms with Crippen LogP contribution in [-0.2, 0) is 6.42 Å². The Morgan fingerprint density at radius 2 is 2.27 bits per heavy atom. The fourth-order valence-corrected chi connectivity index (χ4v) is 3.28.